The van der Waals surface area contributed by atoms with E-state index in [1.165, 1.54) is 11.3 Å². The highest BCUT2D eigenvalue weighted by Crippen LogP contribution is 2.24. The average Bonchev–Trinajstić information content (AvgIpc) is 2.62. The zero-order valence-corrected chi connectivity index (χ0v) is 15.0. The lowest BCUT2D eigenvalue weighted by Crippen LogP contribution is -2.46. The number of pyridine rings is 1. The fraction of sp³-hybridized carbons (Fsp3) is 0.450. The second-order valence-electron chi connectivity index (χ2n) is 6.50. The van der Waals surface area contributed by atoms with E-state index in [4.69, 9.17) is 9.47 Å². The molecule has 2 aromatic rings. The van der Waals surface area contributed by atoms with Crippen molar-refractivity contribution in [3.8, 4) is 5.75 Å². The Hall–Kier alpha value is -2.11. The monoisotopic (exact) mass is 341 g/mol. The molecule has 2 heterocycles. The van der Waals surface area contributed by atoms with Crippen molar-refractivity contribution in [1.29, 1.82) is 0 Å². The summed E-state index contributed by atoms with van der Waals surface area (Å²) in [5, 5.41) is 3.47. The lowest BCUT2D eigenvalue weighted by Gasteiger charge is -2.37. The topological polar surface area (TPSA) is 46.6 Å². The summed E-state index contributed by atoms with van der Waals surface area (Å²) >= 11 is 0. The van der Waals surface area contributed by atoms with Gasteiger partial charge in [-0.3, -0.25) is 4.98 Å². The van der Waals surface area contributed by atoms with Gasteiger partial charge in [0.1, 0.15) is 12.4 Å². The zero-order chi connectivity index (χ0) is 17.5. The maximum Gasteiger partial charge on any atom is 0.137 e. The Morgan fingerprint density at radius 2 is 1.96 bits per heavy atom. The van der Waals surface area contributed by atoms with Crippen molar-refractivity contribution in [1.82, 2.24) is 10.3 Å². The predicted molar refractivity (Wildman–Crippen MR) is 100 cm³/mol. The van der Waals surface area contributed by atoms with Crippen molar-refractivity contribution in [3.05, 3.63) is 54.4 Å². The van der Waals surface area contributed by atoms with Crippen LogP contribution in [0.5, 0.6) is 5.75 Å². The molecule has 0 amide bonds. The van der Waals surface area contributed by atoms with E-state index in [-0.39, 0.29) is 12.2 Å². The van der Waals surface area contributed by atoms with Gasteiger partial charge < -0.3 is 19.7 Å². The third-order valence-electron chi connectivity index (χ3n) is 4.25. The number of nitrogens with one attached hydrogen (secondary N) is 1. The number of ether oxygens (including phenoxy) is 2. The molecule has 2 atom stereocenters. The maximum atomic E-state index is 5.85. The van der Waals surface area contributed by atoms with Crippen molar-refractivity contribution in [2.75, 3.05) is 31.1 Å². The maximum absolute atomic E-state index is 5.85. The minimum Gasteiger partial charge on any atom is -0.491 e. The summed E-state index contributed by atoms with van der Waals surface area (Å²) in [5.41, 5.74) is 2.61. The van der Waals surface area contributed by atoms with Gasteiger partial charge in [-0.2, -0.15) is 0 Å². The first-order chi connectivity index (χ1) is 12.2. The number of morpholine rings is 1. The van der Waals surface area contributed by atoms with E-state index in [9.17, 15) is 0 Å². The van der Waals surface area contributed by atoms with E-state index >= 15 is 0 Å². The molecule has 5 nitrogen and oxygen atoms in total. The van der Waals surface area contributed by atoms with Crippen molar-refractivity contribution in [3.63, 3.8) is 0 Å². The molecule has 1 aromatic heterocycles. The largest absolute Gasteiger partial charge is 0.491 e. The summed E-state index contributed by atoms with van der Waals surface area (Å²) in [6.07, 6.45) is 4.00. The highest BCUT2D eigenvalue weighted by Gasteiger charge is 2.23. The minimum absolute atomic E-state index is 0.262. The van der Waals surface area contributed by atoms with Crippen molar-refractivity contribution in [2.24, 2.45) is 0 Å². The Balaban J connectivity index is 1.51. The lowest BCUT2D eigenvalue weighted by molar-refractivity contribution is -0.00526. The summed E-state index contributed by atoms with van der Waals surface area (Å²) in [7, 11) is 0. The van der Waals surface area contributed by atoms with Crippen LogP contribution in [0.4, 0.5) is 5.69 Å². The number of aromatic nitrogens is 1. The van der Waals surface area contributed by atoms with Crippen LogP contribution < -0.4 is 15.0 Å². The quantitative estimate of drug-likeness (QED) is 0.785. The summed E-state index contributed by atoms with van der Waals surface area (Å²) < 4.78 is 11.5. The number of nitrogens with zero attached hydrogens (tertiary/aromatic N) is 2. The molecule has 5 heteroatoms. The van der Waals surface area contributed by atoms with Crippen LogP contribution in [0, 0.1) is 0 Å². The molecule has 1 aromatic carbocycles. The van der Waals surface area contributed by atoms with Gasteiger partial charge in [0.15, 0.2) is 0 Å². The fourth-order valence-electron chi connectivity index (χ4n) is 3.24. The van der Waals surface area contributed by atoms with Crippen molar-refractivity contribution >= 4 is 5.69 Å². The Kier molecular flexibility index (Phi) is 6.25. The van der Waals surface area contributed by atoms with Crippen molar-refractivity contribution < 1.29 is 9.47 Å². The van der Waals surface area contributed by atoms with E-state index < -0.39 is 0 Å². The lowest BCUT2D eigenvalue weighted by atomic mass is 10.1. The van der Waals surface area contributed by atoms with Crippen LogP contribution in [0.15, 0.2) is 48.8 Å². The summed E-state index contributed by atoms with van der Waals surface area (Å²) in [5.74, 6) is 0.806. The molecule has 3 rings (SSSR count). The van der Waals surface area contributed by atoms with Gasteiger partial charge in [-0.25, -0.2) is 0 Å². The normalized spacial score (nSPS) is 20.5. The molecular weight excluding hydrogens is 314 g/mol. The molecule has 1 aliphatic heterocycles. The first kappa shape index (κ1) is 17.7. The highest BCUT2D eigenvalue weighted by atomic mass is 16.5. The number of rotatable bonds is 7. The third kappa shape index (κ3) is 5.18. The van der Waals surface area contributed by atoms with Crippen LogP contribution in [0.2, 0.25) is 0 Å². The second-order valence-corrected chi connectivity index (χ2v) is 6.50. The Labute approximate surface area is 150 Å². The van der Waals surface area contributed by atoms with Crippen LogP contribution in [0.1, 0.15) is 19.4 Å². The predicted octanol–water partition coefficient (Wildman–Crippen LogP) is 2.86. The smallest absolute Gasteiger partial charge is 0.137 e. The number of para-hydroxylation sites is 1. The van der Waals surface area contributed by atoms with Crippen molar-refractivity contribution in [2.45, 2.75) is 32.6 Å². The van der Waals surface area contributed by atoms with E-state index in [2.05, 4.69) is 53.3 Å². The van der Waals surface area contributed by atoms with Gasteiger partial charge in [-0.15, -0.1) is 0 Å². The third-order valence-corrected chi connectivity index (χ3v) is 4.25. The van der Waals surface area contributed by atoms with Crippen LogP contribution in [-0.4, -0.2) is 43.4 Å². The molecule has 0 radical (unpaired) electrons. The molecule has 1 saturated heterocycles. The van der Waals surface area contributed by atoms with Crippen LogP contribution in [-0.2, 0) is 11.3 Å². The van der Waals surface area contributed by atoms with Gasteiger partial charge in [0, 0.05) is 38.1 Å². The van der Waals surface area contributed by atoms with Gasteiger partial charge in [0.25, 0.3) is 0 Å². The molecule has 1 N–H and O–H groups in total. The molecule has 0 bridgehead atoms. The van der Waals surface area contributed by atoms with Gasteiger partial charge in [0.2, 0.25) is 0 Å². The first-order valence-electron chi connectivity index (χ1n) is 8.94. The number of benzene rings is 1. The molecule has 134 valence electrons. The van der Waals surface area contributed by atoms with Crippen LogP contribution in [0.3, 0.4) is 0 Å². The van der Waals surface area contributed by atoms with E-state index in [1.807, 2.05) is 12.1 Å². The standard InChI is InChI=1S/C20H27N3O2/c1-16-14-23(15-17(2)25-16)20-8-4-3-6-18(20)12-22-10-11-24-19-7-5-9-21-13-19/h3-9,13,16-17,22H,10-12,14-15H2,1-2H3. The fourth-order valence-corrected chi connectivity index (χ4v) is 3.24. The second kappa shape index (κ2) is 8.83. The van der Waals surface area contributed by atoms with Gasteiger partial charge >= 0.3 is 0 Å². The Morgan fingerprint density at radius 1 is 1.16 bits per heavy atom. The first-order valence-corrected chi connectivity index (χ1v) is 8.94. The van der Waals surface area contributed by atoms with Gasteiger partial charge in [0.05, 0.1) is 18.4 Å². The molecule has 0 aliphatic carbocycles. The van der Waals surface area contributed by atoms with Gasteiger partial charge in [-0.05, 0) is 37.6 Å². The van der Waals surface area contributed by atoms with E-state index in [0.717, 1.165) is 31.9 Å². The molecule has 0 saturated carbocycles. The van der Waals surface area contributed by atoms with Gasteiger partial charge in [-0.1, -0.05) is 18.2 Å². The Bertz CT molecular complexity index is 640. The average molecular weight is 341 g/mol. The highest BCUT2D eigenvalue weighted by molar-refractivity contribution is 5.54. The molecule has 0 spiro atoms. The van der Waals surface area contributed by atoms with E-state index in [1.54, 1.807) is 12.4 Å². The summed E-state index contributed by atoms with van der Waals surface area (Å²) in [4.78, 5) is 6.48. The minimum atomic E-state index is 0.262. The Morgan fingerprint density at radius 3 is 2.72 bits per heavy atom. The molecular formula is C20H27N3O2. The summed E-state index contributed by atoms with van der Waals surface area (Å²) in [6, 6.07) is 12.4. The molecule has 1 fully saturated rings. The zero-order valence-electron chi connectivity index (χ0n) is 15.0. The molecule has 25 heavy (non-hydrogen) atoms. The van der Waals surface area contributed by atoms with Crippen LogP contribution in [0.25, 0.3) is 0 Å². The van der Waals surface area contributed by atoms with Crippen LogP contribution >= 0.6 is 0 Å². The number of hydrogen-bond acceptors (Lipinski definition) is 5. The SMILES string of the molecule is CC1CN(c2ccccc2CNCCOc2cccnc2)CC(C)O1. The number of hydrogen-bond donors (Lipinski definition) is 1. The summed E-state index contributed by atoms with van der Waals surface area (Å²) in [6.45, 7) is 8.39. The number of anilines is 1. The molecule has 2 unspecified atom stereocenters. The molecule has 1 aliphatic rings. The van der Waals surface area contributed by atoms with E-state index in [0.29, 0.717) is 6.61 Å².